The van der Waals surface area contributed by atoms with E-state index < -0.39 is 0 Å². The summed E-state index contributed by atoms with van der Waals surface area (Å²) < 4.78 is 0. The van der Waals surface area contributed by atoms with Crippen LogP contribution in [-0.2, 0) is 19.3 Å². The molecule has 3 heteroatoms. The summed E-state index contributed by atoms with van der Waals surface area (Å²) >= 11 is 0. The Balaban J connectivity index is 0.0000001000. The fourth-order valence-electron chi connectivity index (χ4n) is 3.73. The fourth-order valence-corrected chi connectivity index (χ4v) is 3.73. The average Bonchev–Trinajstić information content (AvgIpc) is 3.48. The minimum Gasteiger partial charge on any atom is -0.384 e. The molecule has 3 nitrogen and oxygen atoms in total. The van der Waals surface area contributed by atoms with Crippen LogP contribution in [0.15, 0.2) is 72.8 Å². The summed E-state index contributed by atoms with van der Waals surface area (Å²) in [6, 6.07) is 25.4. The first-order valence-corrected chi connectivity index (χ1v) is 9.85. The van der Waals surface area contributed by atoms with Crippen LogP contribution >= 0.6 is 0 Å². The Morgan fingerprint density at radius 2 is 0.704 bits per heavy atom. The summed E-state index contributed by atoms with van der Waals surface area (Å²) in [7, 11) is 0. The first kappa shape index (κ1) is 17.5. The van der Waals surface area contributed by atoms with Gasteiger partial charge in [0.25, 0.3) is 0 Å². The van der Waals surface area contributed by atoms with E-state index in [2.05, 4.69) is 88.7 Å². The van der Waals surface area contributed by atoms with E-state index in [-0.39, 0.29) is 0 Å². The van der Waals surface area contributed by atoms with Gasteiger partial charge in [-0.15, -0.1) is 0 Å². The van der Waals surface area contributed by atoms with Crippen molar-refractivity contribution in [2.45, 2.75) is 19.3 Å². The molecule has 0 saturated carbocycles. The van der Waals surface area contributed by atoms with E-state index in [0.717, 1.165) is 19.6 Å². The van der Waals surface area contributed by atoms with E-state index in [1.807, 2.05) is 0 Å². The van der Waals surface area contributed by atoms with Gasteiger partial charge in [-0.2, -0.15) is 0 Å². The van der Waals surface area contributed by atoms with Crippen molar-refractivity contribution in [2.75, 3.05) is 35.6 Å². The quantitative estimate of drug-likeness (QED) is 0.532. The molecular formula is C24H27N3. The molecule has 0 aliphatic carbocycles. The number of anilines is 3. The van der Waals surface area contributed by atoms with Gasteiger partial charge in [-0.1, -0.05) is 54.6 Å². The molecule has 0 amide bonds. The highest BCUT2D eigenvalue weighted by molar-refractivity contribution is 5.56. The van der Waals surface area contributed by atoms with E-state index in [1.165, 1.54) is 53.0 Å². The monoisotopic (exact) mass is 357 g/mol. The van der Waals surface area contributed by atoms with Gasteiger partial charge >= 0.3 is 0 Å². The van der Waals surface area contributed by atoms with Crippen LogP contribution in [0.1, 0.15) is 16.7 Å². The van der Waals surface area contributed by atoms with E-state index in [9.17, 15) is 0 Å². The molecule has 138 valence electrons. The third-order valence-electron chi connectivity index (χ3n) is 5.18. The molecule has 0 spiro atoms. The maximum atomic E-state index is 3.30. The van der Waals surface area contributed by atoms with Crippen molar-refractivity contribution in [3.63, 3.8) is 0 Å². The van der Waals surface area contributed by atoms with Gasteiger partial charge in [-0.3, -0.25) is 0 Å². The van der Waals surface area contributed by atoms with E-state index >= 15 is 0 Å². The highest BCUT2D eigenvalue weighted by Crippen LogP contribution is 2.21. The van der Waals surface area contributed by atoms with Gasteiger partial charge in [0.1, 0.15) is 0 Å². The Labute approximate surface area is 161 Å². The van der Waals surface area contributed by atoms with Gasteiger partial charge in [0, 0.05) is 36.7 Å². The van der Waals surface area contributed by atoms with Gasteiger partial charge in [-0.05, 0) is 54.2 Å². The smallest absolute Gasteiger partial charge is 0.0373 e. The second-order valence-electron chi connectivity index (χ2n) is 7.00. The predicted octanol–water partition coefficient (Wildman–Crippen LogP) is 4.96. The van der Waals surface area contributed by atoms with Gasteiger partial charge < -0.3 is 16.0 Å². The maximum absolute atomic E-state index is 3.30. The molecule has 0 unspecified atom stereocenters. The molecule has 0 aromatic heterocycles. The van der Waals surface area contributed by atoms with Crippen molar-refractivity contribution < 1.29 is 0 Å². The number of nitrogens with one attached hydrogen (secondary N) is 3. The lowest BCUT2D eigenvalue weighted by Crippen LogP contribution is -1.90. The van der Waals surface area contributed by atoms with Gasteiger partial charge in [0.2, 0.25) is 0 Å². The summed E-state index contributed by atoms with van der Waals surface area (Å²) in [6.45, 7) is 3.33. The minimum absolute atomic E-state index is 1.11. The van der Waals surface area contributed by atoms with Crippen molar-refractivity contribution in [1.82, 2.24) is 0 Å². The molecule has 3 aromatic carbocycles. The lowest BCUT2D eigenvalue weighted by atomic mass is 10.2. The van der Waals surface area contributed by atoms with Crippen LogP contribution in [0, 0.1) is 0 Å². The first-order chi connectivity index (χ1) is 13.4. The summed E-state index contributed by atoms with van der Waals surface area (Å²) in [6.07, 6.45) is 3.57. The molecule has 3 heterocycles. The van der Waals surface area contributed by atoms with Gasteiger partial charge in [0.15, 0.2) is 0 Å². The topological polar surface area (TPSA) is 36.1 Å². The van der Waals surface area contributed by atoms with Crippen molar-refractivity contribution in [3.8, 4) is 0 Å². The van der Waals surface area contributed by atoms with Crippen LogP contribution in [-0.4, -0.2) is 19.6 Å². The van der Waals surface area contributed by atoms with Gasteiger partial charge in [0.05, 0.1) is 0 Å². The molecule has 27 heavy (non-hydrogen) atoms. The second-order valence-corrected chi connectivity index (χ2v) is 7.00. The van der Waals surface area contributed by atoms with Crippen molar-refractivity contribution in [1.29, 1.82) is 0 Å². The summed E-state index contributed by atoms with van der Waals surface area (Å²) in [5.41, 5.74) is 8.32. The zero-order chi connectivity index (χ0) is 18.3. The number of hydrogen-bond donors (Lipinski definition) is 3. The Bertz CT molecular complexity index is 701. The SMILES string of the molecule is c1ccc2c(c1)CCN2.c1ccc2c(c1)CCN2.c1ccc2c(c1)CCN2. The van der Waals surface area contributed by atoms with Gasteiger partial charge in [-0.25, -0.2) is 0 Å². The largest absolute Gasteiger partial charge is 0.384 e. The van der Waals surface area contributed by atoms with Crippen LogP contribution in [0.4, 0.5) is 17.1 Å². The molecule has 0 atom stereocenters. The first-order valence-electron chi connectivity index (χ1n) is 9.85. The molecule has 6 rings (SSSR count). The van der Waals surface area contributed by atoms with E-state index in [4.69, 9.17) is 0 Å². The number of rotatable bonds is 0. The van der Waals surface area contributed by atoms with Crippen molar-refractivity contribution >= 4 is 17.1 Å². The van der Waals surface area contributed by atoms with Crippen molar-refractivity contribution in [2.24, 2.45) is 0 Å². The molecule has 3 aliphatic rings. The van der Waals surface area contributed by atoms with E-state index in [0.29, 0.717) is 0 Å². The lowest BCUT2D eigenvalue weighted by Gasteiger charge is -1.94. The van der Waals surface area contributed by atoms with E-state index in [1.54, 1.807) is 0 Å². The summed E-state index contributed by atoms with van der Waals surface area (Å²) in [4.78, 5) is 0. The Hall–Kier alpha value is -2.94. The Morgan fingerprint density at radius 1 is 0.407 bits per heavy atom. The standard InChI is InChI=1S/3C8H9N/c3*1-2-4-8-7(3-1)5-6-9-8/h3*1-4,9H,5-6H2. The molecule has 3 N–H and O–H groups in total. The normalized spacial score (nSPS) is 14.7. The third kappa shape index (κ3) is 4.43. The Morgan fingerprint density at radius 3 is 1.00 bits per heavy atom. The predicted molar refractivity (Wildman–Crippen MR) is 116 cm³/mol. The zero-order valence-corrected chi connectivity index (χ0v) is 15.7. The zero-order valence-electron chi connectivity index (χ0n) is 15.7. The summed E-state index contributed by atoms with van der Waals surface area (Å²) in [5.74, 6) is 0. The molecular weight excluding hydrogens is 330 g/mol. The maximum Gasteiger partial charge on any atom is 0.0373 e. The third-order valence-corrected chi connectivity index (χ3v) is 5.18. The van der Waals surface area contributed by atoms with Crippen molar-refractivity contribution in [3.05, 3.63) is 89.5 Å². The molecule has 0 radical (unpaired) electrons. The van der Waals surface area contributed by atoms with Crippen LogP contribution in [0.3, 0.4) is 0 Å². The number of hydrogen-bond acceptors (Lipinski definition) is 3. The van der Waals surface area contributed by atoms with Crippen LogP contribution in [0.2, 0.25) is 0 Å². The minimum atomic E-state index is 1.11. The second kappa shape index (κ2) is 8.63. The molecule has 0 saturated heterocycles. The highest BCUT2D eigenvalue weighted by atomic mass is 14.9. The molecule has 3 aliphatic heterocycles. The lowest BCUT2D eigenvalue weighted by molar-refractivity contribution is 1.11. The number of benzene rings is 3. The molecule has 0 fully saturated rings. The fraction of sp³-hybridized carbons (Fsp3) is 0.250. The highest BCUT2D eigenvalue weighted by Gasteiger charge is 2.07. The number of fused-ring (bicyclic) bond motifs is 3. The number of para-hydroxylation sites is 3. The molecule has 0 bridgehead atoms. The average molecular weight is 358 g/mol. The van der Waals surface area contributed by atoms with Crippen LogP contribution in [0.25, 0.3) is 0 Å². The van der Waals surface area contributed by atoms with Crippen LogP contribution in [0.5, 0.6) is 0 Å². The molecule has 3 aromatic rings. The summed E-state index contributed by atoms with van der Waals surface area (Å²) in [5, 5.41) is 9.90. The van der Waals surface area contributed by atoms with Crippen LogP contribution < -0.4 is 16.0 Å². The Kier molecular flexibility index (Phi) is 5.58.